The third-order valence-electron chi connectivity index (χ3n) is 5.79. The predicted octanol–water partition coefficient (Wildman–Crippen LogP) is 4.67. The first kappa shape index (κ1) is 25.6. The van der Waals surface area contributed by atoms with Gasteiger partial charge in [-0.25, -0.2) is 9.18 Å². The molecule has 4 rings (SSSR count). The van der Waals surface area contributed by atoms with Gasteiger partial charge in [0.2, 0.25) is 0 Å². The summed E-state index contributed by atoms with van der Waals surface area (Å²) in [5.74, 6) is -3.32. The van der Waals surface area contributed by atoms with Crippen molar-refractivity contribution in [3.05, 3.63) is 95.1 Å². The van der Waals surface area contributed by atoms with E-state index in [-0.39, 0.29) is 35.0 Å². The number of rotatable bonds is 7. The lowest BCUT2D eigenvalue weighted by Crippen LogP contribution is -2.29. The standard InChI is InChI=1S/C28H25FN2O6/c1-16(2)15-37-28(35)17-6-9-20(10-7-17)31-24(18-5-4-12-30-14-18)23(26(33)27(31)34)25(32)21-13-19(29)8-11-22(21)36-3/h4-14,16,24,32H,15H2,1-3H3/b25-23+. The summed E-state index contributed by atoms with van der Waals surface area (Å²) in [5, 5.41) is 11.2. The van der Waals surface area contributed by atoms with Crippen LogP contribution in [0.25, 0.3) is 5.76 Å². The molecule has 9 heteroatoms. The van der Waals surface area contributed by atoms with Crippen molar-refractivity contribution in [2.75, 3.05) is 18.6 Å². The topological polar surface area (TPSA) is 106 Å². The smallest absolute Gasteiger partial charge is 0.338 e. The number of hydrogen-bond acceptors (Lipinski definition) is 7. The van der Waals surface area contributed by atoms with Crippen molar-refractivity contribution in [2.24, 2.45) is 5.92 Å². The summed E-state index contributed by atoms with van der Waals surface area (Å²) >= 11 is 0. The normalized spacial score (nSPS) is 16.8. The maximum absolute atomic E-state index is 14.1. The van der Waals surface area contributed by atoms with Crippen LogP contribution < -0.4 is 9.64 Å². The van der Waals surface area contributed by atoms with Crippen LogP contribution in [0.15, 0.2) is 72.6 Å². The van der Waals surface area contributed by atoms with Gasteiger partial charge in [0, 0.05) is 18.1 Å². The molecule has 1 aliphatic rings. The van der Waals surface area contributed by atoms with Gasteiger partial charge in [0.1, 0.15) is 17.3 Å². The Labute approximate surface area is 213 Å². The molecule has 1 amide bonds. The van der Waals surface area contributed by atoms with E-state index < -0.39 is 35.3 Å². The van der Waals surface area contributed by atoms with Gasteiger partial charge in [-0.05, 0) is 60.0 Å². The number of methoxy groups -OCH3 is 1. The maximum Gasteiger partial charge on any atom is 0.338 e. The van der Waals surface area contributed by atoms with E-state index in [2.05, 4.69) is 4.98 Å². The highest BCUT2D eigenvalue weighted by molar-refractivity contribution is 6.51. The quantitative estimate of drug-likeness (QED) is 0.216. The molecule has 0 aliphatic carbocycles. The van der Waals surface area contributed by atoms with Crippen LogP contribution in [0.4, 0.5) is 10.1 Å². The van der Waals surface area contributed by atoms with Crippen molar-refractivity contribution in [1.29, 1.82) is 0 Å². The van der Waals surface area contributed by atoms with Gasteiger partial charge in [-0.1, -0.05) is 19.9 Å². The van der Waals surface area contributed by atoms with Crippen LogP contribution in [-0.2, 0) is 14.3 Å². The van der Waals surface area contributed by atoms with Gasteiger partial charge in [0.15, 0.2) is 0 Å². The Morgan fingerprint density at radius 2 is 1.86 bits per heavy atom. The number of ketones is 1. The Bertz CT molecular complexity index is 1370. The van der Waals surface area contributed by atoms with Crippen molar-refractivity contribution in [3.8, 4) is 5.75 Å². The Hall–Kier alpha value is -4.53. The Kier molecular flexibility index (Phi) is 7.33. The number of amides is 1. The number of ether oxygens (including phenoxy) is 2. The highest BCUT2D eigenvalue weighted by atomic mass is 19.1. The number of nitrogens with zero attached hydrogens (tertiary/aromatic N) is 2. The molecule has 1 fully saturated rings. The zero-order valence-electron chi connectivity index (χ0n) is 20.5. The monoisotopic (exact) mass is 504 g/mol. The first-order valence-electron chi connectivity index (χ1n) is 11.5. The van der Waals surface area contributed by atoms with Gasteiger partial charge >= 0.3 is 5.97 Å². The lowest BCUT2D eigenvalue weighted by molar-refractivity contribution is -0.132. The summed E-state index contributed by atoms with van der Waals surface area (Å²) in [6.07, 6.45) is 3.00. The SMILES string of the molecule is COc1ccc(F)cc1/C(O)=C1\C(=O)C(=O)N(c2ccc(C(=O)OCC(C)C)cc2)C1c1cccnc1. The summed E-state index contributed by atoms with van der Waals surface area (Å²) in [6, 6.07) is 11.7. The van der Waals surface area contributed by atoms with Gasteiger partial charge < -0.3 is 14.6 Å². The number of carbonyl (C=O) groups excluding carboxylic acids is 3. The molecular weight excluding hydrogens is 479 g/mol. The second kappa shape index (κ2) is 10.6. The molecule has 37 heavy (non-hydrogen) atoms. The highest BCUT2D eigenvalue weighted by Gasteiger charge is 2.47. The second-order valence-electron chi connectivity index (χ2n) is 8.84. The van der Waals surface area contributed by atoms with Gasteiger partial charge in [-0.15, -0.1) is 0 Å². The van der Waals surface area contributed by atoms with Gasteiger partial charge in [0.25, 0.3) is 11.7 Å². The van der Waals surface area contributed by atoms with E-state index in [0.29, 0.717) is 11.3 Å². The Morgan fingerprint density at radius 1 is 1.14 bits per heavy atom. The minimum absolute atomic E-state index is 0.0716. The average Bonchev–Trinajstić information content (AvgIpc) is 3.17. The highest BCUT2D eigenvalue weighted by Crippen LogP contribution is 2.43. The zero-order chi connectivity index (χ0) is 26.7. The number of benzene rings is 2. The van der Waals surface area contributed by atoms with Crippen molar-refractivity contribution >= 4 is 29.1 Å². The number of pyridine rings is 1. The van der Waals surface area contributed by atoms with Crippen molar-refractivity contribution in [2.45, 2.75) is 19.9 Å². The molecule has 3 aromatic rings. The van der Waals surface area contributed by atoms with E-state index in [1.54, 1.807) is 12.1 Å². The minimum Gasteiger partial charge on any atom is -0.507 e. The Balaban J connectivity index is 1.82. The molecule has 8 nitrogen and oxygen atoms in total. The number of aliphatic hydroxyl groups is 1. The number of hydrogen-bond donors (Lipinski definition) is 1. The molecular formula is C28H25FN2O6. The van der Waals surface area contributed by atoms with E-state index in [0.717, 1.165) is 12.1 Å². The fraction of sp³-hybridized carbons (Fsp3) is 0.214. The second-order valence-corrected chi connectivity index (χ2v) is 8.84. The summed E-state index contributed by atoms with van der Waals surface area (Å²) in [7, 11) is 1.34. The van der Waals surface area contributed by atoms with E-state index >= 15 is 0 Å². The average molecular weight is 505 g/mol. The van der Waals surface area contributed by atoms with Gasteiger partial charge in [-0.2, -0.15) is 0 Å². The van der Waals surface area contributed by atoms with Gasteiger partial charge in [0.05, 0.1) is 36.5 Å². The summed E-state index contributed by atoms with van der Waals surface area (Å²) in [4.78, 5) is 44.1. The third kappa shape index (κ3) is 5.06. The van der Waals surface area contributed by atoms with Crippen LogP contribution in [0.1, 0.15) is 41.4 Å². The first-order valence-corrected chi connectivity index (χ1v) is 11.5. The number of aliphatic hydroxyl groups excluding tert-OH is 1. The van der Waals surface area contributed by atoms with Crippen molar-refractivity contribution in [3.63, 3.8) is 0 Å². The number of anilines is 1. The summed E-state index contributed by atoms with van der Waals surface area (Å²) < 4.78 is 24.6. The van der Waals surface area contributed by atoms with Crippen molar-refractivity contribution in [1.82, 2.24) is 4.98 Å². The van der Waals surface area contributed by atoms with Crippen molar-refractivity contribution < 1.29 is 33.4 Å². The molecule has 1 aromatic heterocycles. The fourth-order valence-corrected chi connectivity index (χ4v) is 4.05. The number of esters is 1. The zero-order valence-corrected chi connectivity index (χ0v) is 20.5. The minimum atomic E-state index is -1.07. The van der Waals surface area contributed by atoms with Crippen LogP contribution in [0.3, 0.4) is 0 Å². The molecule has 1 unspecified atom stereocenters. The van der Waals surface area contributed by atoms with Crippen LogP contribution in [0.2, 0.25) is 0 Å². The number of aromatic nitrogens is 1. The lowest BCUT2D eigenvalue weighted by atomic mass is 9.95. The Morgan fingerprint density at radius 3 is 2.49 bits per heavy atom. The molecule has 0 saturated carbocycles. The van der Waals surface area contributed by atoms with Crippen LogP contribution >= 0.6 is 0 Å². The number of carbonyl (C=O) groups is 3. The number of halogens is 1. The fourth-order valence-electron chi connectivity index (χ4n) is 4.05. The maximum atomic E-state index is 14.1. The van der Waals surface area contributed by atoms with Crippen LogP contribution in [0, 0.1) is 11.7 Å². The molecule has 0 spiro atoms. The molecule has 1 saturated heterocycles. The van der Waals surface area contributed by atoms with Crippen LogP contribution in [-0.4, -0.2) is 41.5 Å². The summed E-state index contributed by atoms with van der Waals surface area (Å²) in [5.41, 5.74) is 0.712. The predicted molar refractivity (Wildman–Crippen MR) is 134 cm³/mol. The van der Waals surface area contributed by atoms with E-state index in [9.17, 15) is 23.9 Å². The number of Topliss-reactive ketones (excluding diaryl/α,β-unsaturated/α-hetero) is 1. The molecule has 2 heterocycles. The molecule has 190 valence electrons. The third-order valence-corrected chi connectivity index (χ3v) is 5.79. The van der Waals surface area contributed by atoms with E-state index in [1.165, 1.54) is 54.7 Å². The summed E-state index contributed by atoms with van der Waals surface area (Å²) in [6.45, 7) is 4.11. The largest absolute Gasteiger partial charge is 0.507 e. The first-order chi connectivity index (χ1) is 17.7. The molecule has 2 aromatic carbocycles. The molecule has 1 N–H and O–H groups in total. The van der Waals surface area contributed by atoms with Gasteiger partial charge in [-0.3, -0.25) is 19.5 Å². The lowest BCUT2D eigenvalue weighted by Gasteiger charge is -2.25. The van der Waals surface area contributed by atoms with E-state index in [1.807, 2.05) is 13.8 Å². The molecule has 1 atom stereocenters. The van der Waals surface area contributed by atoms with Crippen LogP contribution in [0.5, 0.6) is 5.75 Å². The van der Waals surface area contributed by atoms with E-state index in [4.69, 9.17) is 9.47 Å². The molecule has 0 radical (unpaired) electrons. The molecule has 1 aliphatic heterocycles. The molecule has 0 bridgehead atoms.